The standard InChI is InChI=1S/C19H30O5SSi/c1-7-22-16(20)14-25-18(24-26(5,6)19(2,3)4)17(21)23-13-15-11-9-8-10-12-15/h8-12,18H,7,13-14H2,1-6H3. The monoisotopic (exact) mass is 398 g/mol. The topological polar surface area (TPSA) is 61.8 Å². The van der Waals surface area contributed by atoms with Crippen LogP contribution in [0.15, 0.2) is 30.3 Å². The van der Waals surface area contributed by atoms with Crippen LogP contribution >= 0.6 is 11.8 Å². The maximum absolute atomic E-state index is 12.6. The lowest BCUT2D eigenvalue weighted by Gasteiger charge is -2.38. The summed E-state index contributed by atoms with van der Waals surface area (Å²) in [4.78, 5) is 24.3. The summed E-state index contributed by atoms with van der Waals surface area (Å²) >= 11 is 1.12. The zero-order valence-corrected chi connectivity index (χ0v) is 18.4. The van der Waals surface area contributed by atoms with Crippen molar-refractivity contribution in [2.24, 2.45) is 0 Å². The van der Waals surface area contributed by atoms with Crippen molar-refractivity contribution >= 4 is 32.0 Å². The van der Waals surface area contributed by atoms with E-state index in [9.17, 15) is 9.59 Å². The van der Waals surface area contributed by atoms with Crippen molar-refractivity contribution in [3.63, 3.8) is 0 Å². The van der Waals surface area contributed by atoms with Crippen molar-refractivity contribution in [2.75, 3.05) is 12.4 Å². The first kappa shape index (κ1) is 22.7. The highest BCUT2D eigenvalue weighted by Crippen LogP contribution is 2.38. The van der Waals surface area contributed by atoms with Crippen LogP contribution in [0.3, 0.4) is 0 Å². The van der Waals surface area contributed by atoms with Crippen LogP contribution in [0.5, 0.6) is 0 Å². The third-order valence-corrected chi connectivity index (χ3v) is 9.88. The van der Waals surface area contributed by atoms with E-state index < -0.39 is 19.7 Å². The van der Waals surface area contributed by atoms with Gasteiger partial charge < -0.3 is 13.9 Å². The molecule has 0 saturated heterocycles. The van der Waals surface area contributed by atoms with E-state index in [1.807, 2.05) is 30.3 Å². The molecule has 0 radical (unpaired) electrons. The maximum atomic E-state index is 12.6. The Hall–Kier alpha value is -1.31. The molecule has 1 atom stereocenters. The Balaban J connectivity index is 2.77. The first-order valence-electron chi connectivity index (χ1n) is 8.72. The molecule has 0 amide bonds. The van der Waals surface area contributed by atoms with Crippen molar-refractivity contribution in [3.8, 4) is 0 Å². The Morgan fingerprint density at radius 2 is 1.73 bits per heavy atom. The van der Waals surface area contributed by atoms with Gasteiger partial charge in [-0.25, -0.2) is 4.79 Å². The number of esters is 2. The van der Waals surface area contributed by atoms with Crippen LogP contribution in [0.1, 0.15) is 33.3 Å². The molecule has 0 bridgehead atoms. The molecule has 0 heterocycles. The summed E-state index contributed by atoms with van der Waals surface area (Å²) in [6, 6.07) is 9.47. The molecule has 0 aliphatic rings. The fraction of sp³-hybridized carbons (Fsp3) is 0.579. The molecule has 0 saturated carbocycles. The lowest BCUT2D eigenvalue weighted by Crippen LogP contribution is -2.45. The van der Waals surface area contributed by atoms with Gasteiger partial charge in [-0.1, -0.05) is 51.1 Å². The van der Waals surface area contributed by atoms with E-state index in [2.05, 4.69) is 33.9 Å². The molecule has 26 heavy (non-hydrogen) atoms. The summed E-state index contributed by atoms with van der Waals surface area (Å²) in [7, 11) is -2.20. The molecule has 146 valence electrons. The van der Waals surface area contributed by atoms with Crippen LogP contribution in [0, 0.1) is 0 Å². The van der Waals surface area contributed by atoms with Gasteiger partial charge >= 0.3 is 11.9 Å². The molecule has 1 rings (SSSR count). The molecule has 0 aliphatic heterocycles. The third kappa shape index (κ3) is 7.51. The van der Waals surface area contributed by atoms with Gasteiger partial charge in [0.05, 0.1) is 12.4 Å². The molecule has 1 unspecified atom stereocenters. The molecule has 0 aromatic heterocycles. The van der Waals surface area contributed by atoms with Gasteiger partial charge in [-0.3, -0.25) is 4.79 Å². The van der Waals surface area contributed by atoms with E-state index in [4.69, 9.17) is 13.9 Å². The van der Waals surface area contributed by atoms with Gasteiger partial charge in [-0.2, -0.15) is 0 Å². The predicted molar refractivity (Wildman–Crippen MR) is 107 cm³/mol. The zero-order valence-electron chi connectivity index (χ0n) is 16.5. The molecule has 5 nitrogen and oxygen atoms in total. The summed E-state index contributed by atoms with van der Waals surface area (Å²) in [5.74, 6) is -0.779. The Morgan fingerprint density at radius 1 is 1.12 bits per heavy atom. The van der Waals surface area contributed by atoms with E-state index >= 15 is 0 Å². The Kier molecular flexibility index (Phi) is 8.86. The largest absolute Gasteiger partial charge is 0.465 e. The quantitative estimate of drug-likeness (QED) is 0.350. The van der Waals surface area contributed by atoms with Crippen molar-refractivity contribution in [3.05, 3.63) is 35.9 Å². The van der Waals surface area contributed by atoms with Gasteiger partial charge in [0.25, 0.3) is 0 Å². The molecule has 0 spiro atoms. The highest BCUT2D eigenvalue weighted by Gasteiger charge is 2.41. The lowest BCUT2D eigenvalue weighted by molar-refractivity contribution is -0.149. The molecule has 1 aromatic rings. The van der Waals surface area contributed by atoms with Gasteiger partial charge in [0.1, 0.15) is 6.61 Å². The predicted octanol–water partition coefficient (Wildman–Crippen LogP) is 4.37. The minimum Gasteiger partial charge on any atom is -0.465 e. The Bertz CT molecular complexity index is 583. The number of hydrogen-bond acceptors (Lipinski definition) is 6. The second-order valence-corrected chi connectivity index (χ2v) is 13.2. The van der Waals surface area contributed by atoms with Crippen LogP contribution in [-0.2, 0) is 30.1 Å². The van der Waals surface area contributed by atoms with E-state index in [0.29, 0.717) is 6.61 Å². The number of carbonyl (C=O) groups excluding carboxylic acids is 2. The highest BCUT2D eigenvalue weighted by molar-refractivity contribution is 8.01. The second-order valence-electron chi connectivity index (χ2n) is 7.42. The molecule has 0 fully saturated rings. The van der Waals surface area contributed by atoms with Crippen LogP contribution in [0.25, 0.3) is 0 Å². The minimum atomic E-state index is -2.20. The summed E-state index contributed by atoms with van der Waals surface area (Å²) < 4.78 is 16.6. The van der Waals surface area contributed by atoms with Gasteiger partial charge in [0.2, 0.25) is 0 Å². The van der Waals surface area contributed by atoms with Crippen molar-refractivity contribution in [2.45, 2.75) is 57.9 Å². The lowest BCUT2D eigenvalue weighted by atomic mass is 10.2. The molecule has 7 heteroatoms. The van der Waals surface area contributed by atoms with Crippen LogP contribution in [-0.4, -0.2) is 38.1 Å². The molecule has 0 aliphatic carbocycles. The number of hydrogen-bond donors (Lipinski definition) is 0. The van der Waals surface area contributed by atoms with Gasteiger partial charge in [0.15, 0.2) is 13.8 Å². The molecule has 0 N–H and O–H groups in total. The first-order valence-corrected chi connectivity index (χ1v) is 12.7. The van der Waals surface area contributed by atoms with Gasteiger partial charge in [0, 0.05) is 0 Å². The number of carbonyl (C=O) groups is 2. The smallest absolute Gasteiger partial charge is 0.345 e. The Morgan fingerprint density at radius 3 is 2.27 bits per heavy atom. The fourth-order valence-corrected chi connectivity index (χ4v) is 4.29. The second kappa shape index (κ2) is 10.1. The number of benzene rings is 1. The van der Waals surface area contributed by atoms with Crippen molar-refractivity contribution in [1.82, 2.24) is 0 Å². The average molecular weight is 399 g/mol. The maximum Gasteiger partial charge on any atom is 0.345 e. The van der Waals surface area contributed by atoms with E-state index in [1.54, 1.807) is 6.92 Å². The summed E-state index contributed by atoms with van der Waals surface area (Å²) in [5.41, 5.74) is 0.0614. The molecular formula is C19H30O5SSi. The van der Waals surface area contributed by atoms with E-state index in [0.717, 1.165) is 17.3 Å². The van der Waals surface area contributed by atoms with Crippen LogP contribution in [0.2, 0.25) is 18.1 Å². The minimum absolute atomic E-state index is 0.0492. The van der Waals surface area contributed by atoms with E-state index in [-0.39, 0.29) is 23.4 Å². The van der Waals surface area contributed by atoms with Crippen LogP contribution in [0.4, 0.5) is 0 Å². The SMILES string of the molecule is CCOC(=O)CSC(O[Si](C)(C)C(C)(C)C)C(=O)OCc1ccccc1. The summed E-state index contributed by atoms with van der Waals surface area (Å²) in [6.07, 6.45) is 0. The zero-order chi connectivity index (χ0) is 19.8. The average Bonchev–Trinajstić information content (AvgIpc) is 2.56. The highest BCUT2D eigenvalue weighted by atomic mass is 32.2. The fourth-order valence-electron chi connectivity index (χ4n) is 1.74. The van der Waals surface area contributed by atoms with Crippen molar-refractivity contribution < 1.29 is 23.5 Å². The third-order valence-electron chi connectivity index (χ3n) is 4.28. The van der Waals surface area contributed by atoms with Crippen molar-refractivity contribution in [1.29, 1.82) is 0 Å². The Labute approximate surface area is 161 Å². The normalized spacial score (nSPS) is 13.2. The molecular weight excluding hydrogens is 368 g/mol. The first-order chi connectivity index (χ1) is 12.1. The molecule has 1 aromatic carbocycles. The van der Waals surface area contributed by atoms with Gasteiger partial charge in [-0.15, -0.1) is 11.8 Å². The number of ether oxygens (including phenoxy) is 2. The number of rotatable bonds is 9. The van der Waals surface area contributed by atoms with Crippen LogP contribution < -0.4 is 0 Å². The van der Waals surface area contributed by atoms with Gasteiger partial charge in [-0.05, 0) is 30.6 Å². The summed E-state index contributed by atoms with van der Waals surface area (Å²) in [5, 5.41) is -0.0601. The number of thioether (sulfide) groups is 1. The summed E-state index contributed by atoms with van der Waals surface area (Å²) in [6.45, 7) is 12.7. The van der Waals surface area contributed by atoms with E-state index in [1.165, 1.54) is 0 Å².